The van der Waals surface area contributed by atoms with Crippen LogP contribution in [-0.2, 0) is 16.1 Å². The van der Waals surface area contributed by atoms with Gasteiger partial charge < -0.3 is 25.0 Å². The summed E-state index contributed by atoms with van der Waals surface area (Å²) in [6, 6.07) is 30.9. The number of ether oxygens (including phenoxy) is 2. The Hall–Kier alpha value is -4.55. The summed E-state index contributed by atoms with van der Waals surface area (Å²) in [4.78, 5) is 12.8. The molecule has 6 rings (SSSR count). The van der Waals surface area contributed by atoms with Gasteiger partial charge >= 0.3 is 0 Å². The van der Waals surface area contributed by atoms with Crippen LogP contribution in [0.1, 0.15) is 46.4 Å². The molecule has 4 aromatic carbocycles. The molecule has 0 radical (unpaired) electrons. The summed E-state index contributed by atoms with van der Waals surface area (Å²) in [5.41, 5.74) is 4.48. The Morgan fingerprint density at radius 1 is 0.932 bits per heavy atom. The molecule has 0 saturated carbocycles. The number of tetrazole rings is 1. The summed E-state index contributed by atoms with van der Waals surface area (Å²) < 4.78 is 14.8. The largest absolute Gasteiger partial charge is 0.508 e. The van der Waals surface area contributed by atoms with Crippen LogP contribution >= 0.6 is 11.8 Å². The quantitative estimate of drug-likeness (QED) is 0.180. The molecule has 44 heavy (non-hydrogen) atoms. The molecule has 4 atom stereocenters. The summed E-state index contributed by atoms with van der Waals surface area (Å²) in [6.07, 6.45) is -1.27. The van der Waals surface area contributed by atoms with Gasteiger partial charge in [-0.1, -0.05) is 73.3 Å². The summed E-state index contributed by atoms with van der Waals surface area (Å²) in [6.45, 7) is 2.05. The van der Waals surface area contributed by atoms with Crippen LogP contribution in [0, 0.1) is 5.92 Å². The second kappa shape index (κ2) is 13.4. The van der Waals surface area contributed by atoms with E-state index in [1.165, 1.54) is 11.8 Å². The van der Waals surface area contributed by atoms with Crippen LogP contribution in [-0.4, -0.2) is 48.2 Å². The molecule has 11 heteroatoms. The second-order valence-electron chi connectivity index (χ2n) is 10.5. The number of hydrogen-bond acceptors (Lipinski definition) is 9. The van der Waals surface area contributed by atoms with E-state index in [4.69, 9.17) is 9.47 Å². The fourth-order valence-electron chi connectivity index (χ4n) is 5.05. The minimum atomic E-state index is -0.707. The Kier molecular flexibility index (Phi) is 8.99. The molecular weight excluding hydrogens is 578 g/mol. The number of phenolic OH excluding ortho intramolecular Hbond substituents is 1. The third-order valence-electron chi connectivity index (χ3n) is 7.49. The van der Waals surface area contributed by atoms with Crippen LogP contribution in [0.4, 0.5) is 5.69 Å². The van der Waals surface area contributed by atoms with E-state index in [1.807, 2.05) is 66.7 Å². The van der Waals surface area contributed by atoms with Gasteiger partial charge in [-0.3, -0.25) is 4.79 Å². The molecule has 4 unspecified atom stereocenters. The molecular formula is C33H31N5O5S. The molecule has 0 aliphatic carbocycles. The number of phenols is 1. The Morgan fingerprint density at radius 3 is 2.45 bits per heavy atom. The highest BCUT2D eigenvalue weighted by atomic mass is 32.2. The summed E-state index contributed by atoms with van der Waals surface area (Å²) in [7, 11) is 0. The van der Waals surface area contributed by atoms with E-state index in [0.29, 0.717) is 22.2 Å². The normalized spacial score (nSPS) is 19.9. The minimum absolute atomic E-state index is 0.0381. The van der Waals surface area contributed by atoms with Crippen molar-refractivity contribution in [2.24, 2.45) is 5.92 Å². The van der Waals surface area contributed by atoms with Crippen molar-refractivity contribution >= 4 is 23.4 Å². The molecule has 5 aromatic rings. The number of nitrogens with zero attached hydrogens (tertiary/aromatic N) is 4. The third-order valence-corrected chi connectivity index (χ3v) is 8.50. The molecule has 1 aliphatic rings. The maximum atomic E-state index is 12.8. The van der Waals surface area contributed by atoms with Crippen molar-refractivity contribution in [3.63, 3.8) is 0 Å². The van der Waals surface area contributed by atoms with Gasteiger partial charge in [-0.05, 0) is 70.1 Å². The maximum Gasteiger partial charge on any atom is 0.255 e. The maximum absolute atomic E-state index is 12.8. The minimum Gasteiger partial charge on any atom is -0.508 e. The van der Waals surface area contributed by atoms with Crippen molar-refractivity contribution in [1.29, 1.82) is 0 Å². The van der Waals surface area contributed by atoms with Gasteiger partial charge in [0.1, 0.15) is 5.75 Å². The predicted octanol–water partition coefficient (Wildman–Crippen LogP) is 5.70. The van der Waals surface area contributed by atoms with Crippen molar-refractivity contribution < 1.29 is 24.5 Å². The molecule has 0 spiro atoms. The van der Waals surface area contributed by atoms with E-state index in [-0.39, 0.29) is 36.4 Å². The lowest BCUT2D eigenvalue weighted by molar-refractivity contribution is -0.268. The number of aromatic hydroxyl groups is 1. The topological polar surface area (TPSA) is 132 Å². The molecule has 1 amide bonds. The summed E-state index contributed by atoms with van der Waals surface area (Å²) >= 11 is 1.47. The van der Waals surface area contributed by atoms with E-state index >= 15 is 0 Å². The van der Waals surface area contributed by atoms with Crippen LogP contribution in [0.2, 0.25) is 0 Å². The van der Waals surface area contributed by atoms with Crippen LogP contribution < -0.4 is 5.32 Å². The van der Waals surface area contributed by atoms with Gasteiger partial charge in [-0.15, -0.1) is 5.10 Å². The predicted molar refractivity (Wildman–Crippen MR) is 165 cm³/mol. The molecule has 0 bridgehead atoms. The van der Waals surface area contributed by atoms with E-state index in [1.54, 1.807) is 41.1 Å². The zero-order chi connectivity index (χ0) is 30.5. The lowest BCUT2D eigenvalue weighted by Gasteiger charge is -2.41. The van der Waals surface area contributed by atoms with Crippen LogP contribution in [0.5, 0.6) is 5.75 Å². The fraction of sp³-hybridized carbons (Fsp3) is 0.212. The second-order valence-corrected chi connectivity index (χ2v) is 11.5. The van der Waals surface area contributed by atoms with Crippen molar-refractivity contribution in [1.82, 2.24) is 20.2 Å². The number of aromatic nitrogens is 4. The number of aliphatic hydroxyl groups is 1. The Balaban J connectivity index is 1.24. The molecule has 2 heterocycles. The Bertz CT molecular complexity index is 1700. The first kappa shape index (κ1) is 29.5. The first-order chi connectivity index (χ1) is 21.5. The van der Waals surface area contributed by atoms with Gasteiger partial charge in [0.25, 0.3) is 5.91 Å². The summed E-state index contributed by atoms with van der Waals surface area (Å²) in [5.74, 6) is 0.449. The Labute approximate surface area is 258 Å². The van der Waals surface area contributed by atoms with Gasteiger partial charge in [0.05, 0.1) is 24.5 Å². The van der Waals surface area contributed by atoms with Gasteiger partial charge in [0.15, 0.2) is 6.29 Å². The average molecular weight is 610 g/mol. The fourth-order valence-corrected chi connectivity index (χ4v) is 6.10. The highest BCUT2D eigenvalue weighted by Gasteiger charge is 2.38. The molecule has 1 fully saturated rings. The lowest BCUT2D eigenvalue weighted by atomic mass is 9.91. The van der Waals surface area contributed by atoms with Gasteiger partial charge in [-0.2, -0.15) is 4.68 Å². The standard InChI is InChI=1S/C33H31N5O5S/c1-21-29(20-44-33-35-36-37-38(33)27-14-16-28(40)17-15-27)42-32(43-30(21)23-12-10-22(19-39)11-13-23)25-8-5-9-26(18-25)34-31(41)24-6-3-2-4-7-24/h2-18,21,29-30,32,39-40H,19-20H2,1H3,(H,34,41). The Morgan fingerprint density at radius 2 is 1.70 bits per heavy atom. The van der Waals surface area contributed by atoms with Gasteiger partial charge in [0, 0.05) is 28.5 Å². The highest BCUT2D eigenvalue weighted by Crippen LogP contribution is 2.43. The average Bonchev–Trinajstić information content (AvgIpc) is 3.54. The van der Waals surface area contributed by atoms with E-state index < -0.39 is 6.29 Å². The number of carbonyl (C=O) groups excluding carboxylic acids is 1. The number of rotatable bonds is 9. The number of carbonyl (C=O) groups is 1. The van der Waals surface area contributed by atoms with Crippen molar-refractivity contribution in [3.8, 4) is 11.4 Å². The number of amides is 1. The highest BCUT2D eigenvalue weighted by molar-refractivity contribution is 7.99. The smallest absolute Gasteiger partial charge is 0.255 e. The number of nitrogens with one attached hydrogen (secondary N) is 1. The molecule has 1 aromatic heterocycles. The number of anilines is 1. The van der Waals surface area contributed by atoms with Crippen molar-refractivity contribution in [2.45, 2.75) is 37.2 Å². The summed E-state index contributed by atoms with van der Waals surface area (Å²) in [5, 5.41) is 35.0. The number of benzene rings is 4. The number of hydrogen-bond donors (Lipinski definition) is 3. The van der Waals surface area contributed by atoms with Gasteiger partial charge in [0.2, 0.25) is 5.16 Å². The SMILES string of the molecule is CC1C(CSc2nnnn2-c2ccc(O)cc2)OC(c2cccc(NC(=O)c3ccccc3)c2)OC1c1ccc(CO)cc1. The van der Waals surface area contributed by atoms with Crippen LogP contribution in [0.15, 0.2) is 108 Å². The molecule has 3 N–H and O–H groups in total. The zero-order valence-electron chi connectivity index (χ0n) is 23.9. The number of aliphatic hydroxyl groups excluding tert-OH is 1. The van der Waals surface area contributed by atoms with E-state index in [2.05, 4.69) is 27.8 Å². The molecule has 1 saturated heterocycles. The molecule has 1 aliphatic heterocycles. The monoisotopic (exact) mass is 609 g/mol. The number of thioether (sulfide) groups is 1. The first-order valence-corrected chi connectivity index (χ1v) is 15.1. The van der Waals surface area contributed by atoms with Crippen molar-refractivity contribution in [3.05, 3.63) is 125 Å². The van der Waals surface area contributed by atoms with E-state index in [9.17, 15) is 15.0 Å². The van der Waals surface area contributed by atoms with Crippen LogP contribution in [0.25, 0.3) is 5.69 Å². The molecule has 10 nitrogen and oxygen atoms in total. The van der Waals surface area contributed by atoms with Gasteiger partial charge in [-0.25, -0.2) is 0 Å². The van der Waals surface area contributed by atoms with Crippen molar-refractivity contribution in [2.75, 3.05) is 11.1 Å². The molecule has 224 valence electrons. The van der Waals surface area contributed by atoms with Crippen LogP contribution in [0.3, 0.4) is 0 Å². The zero-order valence-corrected chi connectivity index (χ0v) is 24.7. The van der Waals surface area contributed by atoms with E-state index in [0.717, 1.165) is 22.4 Å². The first-order valence-electron chi connectivity index (χ1n) is 14.2. The lowest BCUT2D eigenvalue weighted by Crippen LogP contribution is -2.38. The third kappa shape index (κ3) is 6.66.